The third-order valence-corrected chi connectivity index (χ3v) is 4.67. The molecule has 2 N–H and O–H groups in total. The van der Waals surface area contributed by atoms with Crippen molar-refractivity contribution in [3.8, 4) is 0 Å². The van der Waals surface area contributed by atoms with Crippen LogP contribution in [0.15, 0.2) is 34.3 Å². The Kier molecular flexibility index (Phi) is 4.39. The summed E-state index contributed by atoms with van der Waals surface area (Å²) in [6.45, 7) is 3.87. The van der Waals surface area contributed by atoms with E-state index in [0.29, 0.717) is 0 Å². The van der Waals surface area contributed by atoms with Crippen molar-refractivity contribution in [2.24, 2.45) is 5.92 Å². The van der Waals surface area contributed by atoms with Gasteiger partial charge in [0, 0.05) is 16.4 Å². The molecule has 102 valence electrons. The monoisotopic (exact) mass is 295 g/mol. The molecule has 2 aromatic heterocycles. The molecule has 5 heteroatoms. The van der Waals surface area contributed by atoms with E-state index in [0.717, 1.165) is 10.4 Å². The van der Waals surface area contributed by atoms with Crippen molar-refractivity contribution in [2.75, 3.05) is 6.54 Å². The molecule has 0 aliphatic carbocycles. The van der Waals surface area contributed by atoms with E-state index in [2.05, 4.69) is 5.32 Å². The normalized spacial score (nSPS) is 14.3. The molecule has 2 rings (SSSR count). The first-order chi connectivity index (χ1) is 9.04. The van der Waals surface area contributed by atoms with Crippen LogP contribution in [-0.4, -0.2) is 17.6 Å². The van der Waals surface area contributed by atoms with E-state index >= 15 is 0 Å². The van der Waals surface area contributed by atoms with Gasteiger partial charge in [0.05, 0.1) is 6.54 Å². The van der Waals surface area contributed by atoms with Crippen LogP contribution in [0.5, 0.6) is 0 Å². The zero-order valence-electron chi connectivity index (χ0n) is 10.9. The van der Waals surface area contributed by atoms with Gasteiger partial charge in [-0.25, -0.2) is 0 Å². The van der Waals surface area contributed by atoms with Gasteiger partial charge in [-0.3, -0.25) is 4.79 Å². The second-order valence-corrected chi connectivity index (χ2v) is 6.45. The Morgan fingerprint density at radius 1 is 1.42 bits per heavy atom. The van der Waals surface area contributed by atoms with E-state index in [1.807, 2.05) is 48.2 Å². The minimum atomic E-state index is -1.14. The van der Waals surface area contributed by atoms with Crippen molar-refractivity contribution in [3.05, 3.63) is 44.8 Å². The van der Waals surface area contributed by atoms with Gasteiger partial charge in [-0.15, -0.1) is 11.3 Å². The number of rotatable bonds is 5. The number of thiophene rings is 2. The molecule has 0 radical (unpaired) electrons. The molecule has 19 heavy (non-hydrogen) atoms. The number of hydrogen-bond acceptors (Lipinski definition) is 4. The van der Waals surface area contributed by atoms with E-state index < -0.39 is 5.60 Å². The van der Waals surface area contributed by atoms with Crippen LogP contribution in [0.4, 0.5) is 0 Å². The minimum absolute atomic E-state index is 0.0507. The van der Waals surface area contributed by atoms with Crippen LogP contribution in [-0.2, 0) is 10.4 Å². The molecule has 0 aliphatic rings. The van der Waals surface area contributed by atoms with Crippen molar-refractivity contribution in [1.29, 1.82) is 0 Å². The highest BCUT2D eigenvalue weighted by atomic mass is 32.1. The predicted octanol–water partition coefficient (Wildman–Crippen LogP) is 2.82. The van der Waals surface area contributed by atoms with Gasteiger partial charge in [-0.1, -0.05) is 19.9 Å². The highest BCUT2D eigenvalue weighted by Gasteiger charge is 2.33. The van der Waals surface area contributed by atoms with Crippen molar-refractivity contribution >= 4 is 28.6 Å². The molecule has 3 nitrogen and oxygen atoms in total. The number of carbonyl (C=O) groups excluding carboxylic acids is 1. The molecule has 2 aromatic rings. The van der Waals surface area contributed by atoms with Crippen molar-refractivity contribution in [1.82, 2.24) is 5.32 Å². The molecule has 0 saturated heterocycles. The lowest BCUT2D eigenvalue weighted by Gasteiger charge is -2.27. The fourth-order valence-electron chi connectivity index (χ4n) is 1.76. The van der Waals surface area contributed by atoms with E-state index in [1.165, 1.54) is 22.7 Å². The lowest BCUT2D eigenvalue weighted by Crippen LogP contribution is -2.42. The summed E-state index contributed by atoms with van der Waals surface area (Å²) in [5, 5.41) is 19.6. The first kappa shape index (κ1) is 14.2. The Hall–Kier alpha value is -1.17. The van der Waals surface area contributed by atoms with Gasteiger partial charge in [0.2, 0.25) is 5.91 Å². The predicted molar refractivity (Wildman–Crippen MR) is 79.5 cm³/mol. The lowest BCUT2D eigenvalue weighted by atomic mass is 9.94. The highest BCUT2D eigenvalue weighted by Crippen LogP contribution is 2.33. The van der Waals surface area contributed by atoms with Gasteiger partial charge in [0.1, 0.15) is 5.60 Å². The Labute approximate surface area is 120 Å². The molecular weight excluding hydrogens is 278 g/mol. The quantitative estimate of drug-likeness (QED) is 0.891. The number of hydrogen-bond donors (Lipinski definition) is 2. The SMILES string of the molecule is CC(C)C(=O)NCC(O)(c1ccsc1)c1cccs1. The van der Waals surface area contributed by atoms with Crippen molar-refractivity contribution < 1.29 is 9.90 Å². The van der Waals surface area contributed by atoms with E-state index in [9.17, 15) is 9.90 Å². The summed E-state index contributed by atoms with van der Waals surface area (Å²) in [7, 11) is 0. The third kappa shape index (κ3) is 3.05. The molecule has 0 fully saturated rings. The summed E-state index contributed by atoms with van der Waals surface area (Å²) in [6.07, 6.45) is 0. The zero-order chi connectivity index (χ0) is 13.9. The number of nitrogens with one attached hydrogen (secondary N) is 1. The second kappa shape index (κ2) is 5.86. The molecule has 0 aromatic carbocycles. The van der Waals surface area contributed by atoms with Crippen molar-refractivity contribution in [2.45, 2.75) is 19.4 Å². The van der Waals surface area contributed by atoms with Gasteiger partial charge in [-0.05, 0) is 28.3 Å². The van der Waals surface area contributed by atoms with Gasteiger partial charge >= 0.3 is 0 Å². The Morgan fingerprint density at radius 3 is 2.74 bits per heavy atom. The summed E-state index contributed by atoms with van der Waals surface area (Å²) in [6, 6.07) is 5.69. The first-order valence-electron chi connectivity index (χ1n) is 6.11. The van der Waals surface area contributed by atoms with Crippen LogP contribution in [0.2, 0.25) is 0 Å². The van der Waals surface area contributed by atoms with Gasteiger partial charge in [-0.2, -0.15) is 11.3 Å². The molecule has 0 saturated carbocycles. The molecule has 0 aliphatic heterocycles. The number of carbonyl (C=O) groups is 1. The van der Waals surface area contributed by atoms with Gasteiger partial charge in [0.15, 0.2) is 0 Å². The summed E-state index contributed by atoms with van der Waals surface area (Å²) in [5.74, 6) is -0.139. The molecule has 1 amide bonds. The van der Waals surface area contributed by atoms with Crippen LogP contribution < -0.4 is 5.32 Å². The van der Waals surface area contributed by atoms with Crippen LogP contribution in [0.25, 0.3) is 0 Å². The third-order valence-electron chi connectivity index (χ3n) is 2.97. The van der Waals surface area contributed by atoms with Crippen LogP contribution in [0.3, 0.4) is 0 Å². The van der Waals surface area contributed by atoms with E-state index in [-0.39, 0.29) is 18.4 Å². The summed E-state index contributed by atoms with van der Waals surface area (Å²) in [5.41, 5.74) is -0.317. The summed E-state index contributed by atoms with van der Waals surface area (Å²) >= 11 is 3.03. The Bertz CT molecular complexity index is 483. The Balaban J connectivity index is 2.24. The first-order valence-corrected chi connectivity index (χ1v) is 7.93. The van der Waals surface area contributed by atoms with E-state index in [4.69, 9.17) is 0 Å². The minimum Gasteiger partial charge on any atom is -0.378 e. The molecule has 1 atom stereocenters. The maximum atomic E-state index is 11.7. The molecular formula is C14H17NO2S2. The Morgan fingerprint density at radius 2 is 2.21 bits per heavy atom. The molecule has 0 spiro atoms. The number of aliphatic hydroxyl groups is 1. The largest absolute Gasteiger partial charge is 0.378 e. The van der Waals surface area contributed by atoms with Gasteiger partial charge in [0.25, 0.3) is 0 Å². The van der Waals surface area contributed by atoms with E-state index in [1.54, 1.807) is 0 Å². The van der Waals surface area contributed by atoms with Gasteiger partial charge < -0.3 is 10.4 Å². The fraction of sp³-hybridized carbons (Fsp3) is 0.357. The smallest absolute Gasteiger partial charge is 0.222 e. The maximum Gasteiger partial charge on any atom is 0.222 e. The summed E-state index contributed by atoms with van der Waals surface area (Å²) in [4.78, 5) is 12.6. The van der Waals surface area contributed by atoms with Crippen LogP contribution in [0.1, 0.15) is 24.3 Å². The van der Waals surface area contributed by atoms with Crippen LogP contribution in [0, 0.1) is 5.92 Å². The molecule has 1 unspecified atom stereocenters. The second-order valence-electron chi connectivity index (χ2n) is 4.72. The average molecular weight is 295 g/mol. The number of amides is 1. The molecule has 2 heterocycles. The lowest BCUT2D eigenvalue weighted by molar-refractivity contribution is -0.124. The topological polar surface area (TPSA) is 49.3 Å². The zero-order valence-corrected chi connectivity index (χ0v) is 12.6. The van der Waals surface area contributed by atoms with Crippen molar-refractivity contribution in [3.63, 3.8) is 0 Å². The maximum absolute atomic E-state index is 11.7. The molecule has 0 bridgehead atoms. The average Bonchev–Trinajstić information content (AvgIpc) is 3.06. The van der Waals surface area contributed by atoms with Crippen LogP contribution >= 0.6 is 22.7 Å². The highest BCUT2D eigenvalue weighted by molar-refractivity contribution is 7.10. The summed E-state index contributed by atoms with van der Waals surface area (Å²) < 4.78 is 0. The fourth-order valence-corrected chi connectivity index (χ4v) is 3.33. The standard InChI is InChI=1S/C14H17NO2S2/c1-10(2)13(16)15-9-14(17,11-5-7-18-8-11)12-4-3-6-19-12/h3-8,10,17H,9H2,1-2H3,(H,15,16).